The number of aliphatic imine (C=N–C) groups is 1. The number of hydrogen-bond donors (Lipinski definition) is 4. The van der Waals surface area contributed by atoms with E-state index < -0.39 is 41.6 Å². The summed E-state index contributed by atoms with van der Waals surface area (Å²) in [5.74, 6) is 0.522. The summed E-state index contributed by atoms with van der Waals surface area (Å²) in [5, 5.41) is 5.65. The molecule has 1 aromatic heterocycles. The van der Waals surface area contributed by atoms with Crippen molar-refractivity contribution < 1.29 is 31.1 Å². The Labute approximate surface area is 191 Å². The maximum Gasteiger partial charge on any atom is 0.416 e. The van der Waals surface area contributed by atoms with Crippen molar-refractivity contribution in [2.75, 3.05) is 37.7 Å². The predicted molar refractivity (Wildman–Crippen MR) is 115 cm³/mol. The minimum absolute atomic E-state index is 0.0397. The third-order valence-corrected chi connectivity index (χ3v) is 5.40. The van der Waals surface area contributed by atoms with E-state index in [0.717, 1.165) is 6.42 Å². The molecule has 3 rings (SSSR count). The highest BCUT2D eigenvalue weighted by atomic mass is 19.4. The molecule has 186 valence electrons. The van der Waals surface area contributed by atoms with Crippen LogP contribution in [0.15, 0.2) is 35.5 Å². The molecule has 0 radical (unpaired) electrons. The lowest BCUT2D eigenvalue weighted by Gasteiger charge is -2.34. The molecule has 1 aromatic carbocycles. The molecule has 7 nitrogen and oxygen atoms in total. The molecule has 1 atom stereocenters. The van der Waals surface area contributed by atoms with Crippen LogP contribution in [0.25, 0.3) is 0 Å². The van der Waals surface area contributed by atoms with Crippen LogP contribution in [0, 0.1) is 0 Å². The predicted octanol–water partition coefficient (Wildman–Crippen LogP) is 3.70. The first-order valence-electron chi connectivity index (χ1n) is 10.4. The number of rotatable bonds is 5. The van der Waals surface area contributed by atoms with Gasteiger partial charge in [0.05, 0.1) is 23.2 Å². The number of benzene rings is 1. The number of nitrogens with two attached hydrogens (primary N) is 1. The lowest BCUT2D eigenvalue weighted by Crippen LogP contribution is -2.51. The number of likely N-dealkylation sites (tertiary alicyclic amines) is 1. The van der Waals surface area contributed by atoms with Crippen molar-refractivity contribution in [3.05, 3.63) is 47.2 Å². The van der Waals surface area contributed by atoms with Gasteiger partial charge in [0, 0.05) is 38.1 Å². The maximum absolute atomic E-state index is 13.0. The number of amidine groups is 1. The fourth-order valence-corrected chi connectivity index (χ4v) is 3.71. The molecule has 34 heavy (non-hydrogen) atoms. The number of piperidine rings is 1. The Morgan fingerprint density at radius 2 is 1.82 bits per heavy atom. The Morgan fingerprint density at radius 3 is 2.35 bits per heavy atom. The van der Waals surface area contributed by atoms with E-state index in [2.05, 4.69) is 20.6 Å². The van der Waals surface area contributed by atoms with Gasteiger partial charge < -0.3 is 26.3 Å². The van der Waals surface area contributed by atoms with Gasteiger partial charge in [-0.1, -0.05) is 0 Å². The van der Waals surface area contributed by atoms with Crippen LogP contribution in [0.2, 0.25) is 0 Å². The van der Waals surface area contributed by atoms with Crippen molar-refractivity contribution in [3.63, 3.8) is 0 Å². The van der Waals surface area contributed by atoms with E-state index >= 15 is 0 Å². The van der Waals surface area contributed by atoms with Gasteiger partial charge in [0.15, 0.2) is 0 Å². The number of nitrogen functional groups attached to an aromatic ring is 1. The Bertz CT molecular complexity index is 1010. The maximum atomic E-state index is 13.0. The number of H-pyrrole nitrogens is 1. The number of hydrogen-bond acceptors (Lipinski definition) is 4. The summed E-state index contributed by atoms with van der Waals surface area (Å²) in [6.45, 7) is 0.255. The molecule has 0 unspecified atom stereocenters. The Hall–Kier alpha value is -3.38. The van der Waals surface area contributed by atoms with Crippen LogP contribution in [-0.2, 0) is 17.1 Å². The van der Waals surface area contributed by atoms with E-state index in [1.165, 1.54) is 4.90 Å². The van der Waals surface area contributed by atoms with Crippen molar-refractivity contribution >= 4 is 23.2 Å². The summed E-state index contributed by atoms with van der Waals surface area (Å²) in [4.78, 5) is 21.2. The zero-order valence-electron chi connectivity index (χ0n) is 18.1. The molecule has 1 amide bonds. The number of amides is 1. The van der Waals surface area contributed by atoms with Crippen LogP contribution >= 0.6 is 0 Å². The van der Waals surface area contributed by atoms with Crippen molar-refractivity contribution in [1.29, 1.82) is 0 Å². The first-order valence-corrected chi connectivity index (χ1v) is 10.4. The minimum atomic E-state index is -4.96. The SMILES string of the molecule is CN=C(N[C@H]1CCCN(C(=O)CNc2cc(C(F)(F)F)cc(C(F)(F)F)c2)C1)c1cc[nH]c1N. The van der Waals surface area contributed by atoms with Gasteiger partial charge in [-0.05, 0) is 37.1 Å². The molecule has 5 N–H and O–H groups in total. The third-order valence-electron chi connectivity index (χ3n) is 5.40. The number of alkyl halides is 6. The lowest BCUT2D eigenvalue weighted by atomic mass is 10.0. The highest BCUT2D eigenvalue weighted by molar-refractivity contribution is 6.02. The van der Waals surface area contributed by atoms with Gasteiger partial charge in [-0.15, -0.1) is 0 Å². The number of aromatic nitrogens is 1. The molecule has 1 saturated heterocycles. The third kappa shape index (κ3) is 6.14. The molecular weight excluding hydrogens is 466 g/mol. The highest BCUT2D eigenvalue weighted by Crippen LogP contribution is 2.37. The van der Waals surface area contributed by atoms with Gasteiger partial charge in [-0.25, -0.2) is 0 Å². The van der Waals surface area contributed by atoms with Gasteiger partial charge in [0.25, 0.3) is 0 Å². The molecule has 0 bridgehead atoms. The molecule has 0 aliphatic carbocycles. The van der Waals surface area contributed by atoms with Crippen LogP contribution in [-0.4, -0.2) is 54.4 Å². The largest absolute Gasteiger partial charge is 0.416 e. The second-order valence-corrected chi connectivity index (χ2v) is 7.85. The van der Waals surface area contributed by atoms with E-state index in [1.807, 2.05) is 0 Å². The summed E-state index contributed by atoms with van der Waals surface area (Å²) in [6, 6.07) is 2.74. The molecule has 2 aromatic rings. The van der Waals surface area contributed by atoms with Gasteiger partial charge in [0.2, 0.25) is 5.91 Å². The summed E-state index contributed by atoms with van der Waals surface area (Å²) in [6.07, 6.45) is -6.87. The zero-order chi connectivity index (χ0) is 25.1. The monoisotopic (exact) mass is 490 g/mol. The Morgan fingerprint density at radius 1 is 1.18 bits per heavy atom. The normalized spacial score (nSPS) is 17.6. The quantitative estimate of drug-likeness (QED) is 0.292. The smallest absolute Gasteiger partial charge is 0.385 e. The fraction of sp³-hybridized carbons (Fsp3) is 0.429. The second kappa shape index (κ2) is 9.85. The number of carbonyl (C=O) groups excluding carboxylic acids is 1. The van der Waals surface area contributed by atoms with Crippen LogP contribution in [0.5, 0.6) is 0 Å². The second-order valence-electron chi connectivity index (χ2n) is 7.85. The number of carbonyl (C=O) groups is 1. The Balaban J connectivity index is 1.65. The van der Waals surface area contributed by atoms with E-state index in [1.54, 1.807) is 19.3 Å². The van der Waals surface area contributed by atoms with Gasteiger partial charge in [-0.2, -0.15) is 26.3 Å². The average Bonchev–Trinajstić information content (AvgIpc) is 3.20. The molecule has 1 aliphatic rings. The first kappa shape index (κ1) is 25.2. The molecule has 1 fully saturated rings. The van der Waals surface area contributed by atoms with Crippen molar-refractivity contribution in [2.24, 2.45) is 4.99 Å². The zero-order valence-corrected chi connectivity index (χ0v) is 18.1. The average molecular weight is 490 g/mol. The highest BCUT2D eigenvalue weighted by Gasteiger charge is 2.37. The topological polar surface area (TPSA) is 98.5 Å². The van der Waals surface area contributed by atoms with Gasteiger partial charge in [-0.3, -0.25) is 9.79 Å². The van der Waals surface area contributed by atoms with Crippen LogP contribution in [0.4, 0.5) is 37.8 Å². The molecule has 0 spiro atoms. The van der Waals surface area contributed by atoms with Crippen molar-refractivity contribution in [2.45, 2.75) is 31.2 Å². The number of nitrogens with zero attached hydrogens (tertiary/aromatic N) is 2. The van der Waals surface area contributed by atoms with Gasteiger partial charge >= 0.3 is 12.4 Å². The standard InChI is InChI=1S/C21H24F6N6O/c1-29-19(16-4-5-30-18(16)28)32-14-3-2-6-33(11-14)17(34)10-31-15-8-12(20(22,23)24)7-13(9-15)21(25,26)27/h4-5,7-9,14,30-31H,2-3,6,10-11,28H2,1H3,(H,29,32)/t14-/m0/s1. The summed E-state index contributed by atoms with van der Waals surface area (Å²) in [5.41, 5.74) is 3.22. The van der Waals surface area contributed by atoms with Crippen LogP contribution < -0.4 is 16.4 Å². The van der Waals surface area contributed by atoms with E-state index in [4.69, 9.17) is 5.73 Å². The molecule has 2 heterocycles. The molecular formula is C21H24F6N6O. The van der Waals surface area contributed by atoms with Crippen LogP contribution in [0.1, 0.15) is 29.5 Å². The summed E-state index contributed by atoms with van der Waals surface area (Å²) >= 11 is 0. The Kier molecular flexibility index (Phi) is 7.32. The number of aromatic amines is 1. The molecule has 0 saturated carbocycles. The van der Waals surface area contributed by atoms with Crippen molar-refractivity contribution in [3.8, 4) is 0 Å². The summed E-state index contributed by atoms with van der Waals surface area (Å²) in [7, 11) is 1.59. The number of anilines is 2. The van der Waals surface area contributed by atoms with Gasteiger partial charge in [0.1, 0.15) is 11.7 Å². The molecule has 13 heteroatoms. The molecule has 1 aliphatic heterocycles. The van der Waals surface area contributed by atoms with E-state index in [-0.39, 0.29) is 12.1 Å². The lowest BCUT2D eigenvalue weighted by molar-refractivity contribution is -0.143. The van der Waals surface area contributed by atoms with Crippen LogP contribution in [0.3, 0.4) is 0 Å². The fourth-order valence-electron chi connectivity index (χ4n) is 3.71. The van der Waals surface area contributed by atoms with E-state index in [9.17, 15) is 31.1 Å². The van der Waals surface area contributed by atoms with Crippen molar-refractivity contribution in [1.82, 2.24) is 15.2 Å². The number of halogens is 6. The first-order chi connectivity index (χ1) is 15.9. The summed E-state index contributed by atoms with van der Waals surface area (Å²) < 4.78 is 78.2. The number of nitrogens with one attached hydrogen (secondary N) is 3. The van der Waals surface area contributed by atoms with E-state index in [0.29, 0.717) is 48.9 Å². The minimum Gasteiger partial charge on any atom is -0.385 e.